The van der Waals surface area contributed by atoms with Crippen LogP contribution in [0.1, 0.15) is 11.1 Å². The highest BCUT2D eigenvalue weighted by atomic mass is 35.5. The Morgan fingerprint density at radius 1 is 1.08 bits per heavy atom. The first-order chi connectivity index (χ1) is 17.4. The van der Waals surface area contributed by atoms with Gasteiger partial charge in [0.15, 0.2) is 0 Å². The van der Waals surface area contributed by atoms with E-state index >= 15 is 0 Å². The molecule has 10 heteroatoms. The molecule has 2 aromatic heterocycles. The Labute approximate surface area is 225 Å². The normalized spacial score (nSPS) is 14.7. The molecule has 1 fully saturated rings. The highest BCUT2D eigenvalue weighted by Crippen LogP contribution is 2.36. The Bertz CT molecular complexity index is 1570. The van der Waals surface area contributed by atoms with Crippen molar-refractivity contribution in [3.8, 4) is 5.75 Å². The summed E-state index contributed by atoms with van der Waals surface area (Å²) in [5, 5.41) is 1.11. The number of nitrogens with zero attached hydrogens (tertiary/aromatic N) is 3. The lowest BCUT2D eigenvalue weighted by Gasteiger charge is -2.14. The summed E-state index contributed by atoms with van der Waals surface area (Å²) >= 11 is 14.0. The number of thioether (sulfide) groups is 1. The van der Waals surface area contributed by atoms with E-state index in [0.717, 1.165) is 16.2 Å². The topological polar surface area (TPSA) is 63.9 Å². The summed E-state index contributed by atoms with van der Waals surface area (Å²) in [4.78, 5) is 34.3. The smallest absolute Gasteiger partial charge is 0.266 e. The largest absolute Gasteiger partial charge is 0.497 e. The zero-order chi connectivity index (χ0) is 25.2. The lowest BCUT2D eigenvalue weighted by molar-refractivity contribution is -0.122. The molecule has 0 atom stereocenters. The number of amides is 1. The van der Waals surface area contributed by atoms with E-state index in [1.54, 1.807) is 43.6 Å². The van der Waals surface area contributed by atoms with Crippen LogP contribution in [0.5, 0.6) is 5.75 Å². The number of methoxy groups -OCH3 is 1. The molecule has 3 heterocycles. The fourth-order valence-corrected chi connectivity index (χ4v) is 5.83. The second-order valence-corrected chi connectivity index (χ2v) is 10.9. The molecule has 1 amide bonds. The Morgan fingerprint density at radius 3 is 2.56 bits per heavy atom. The zero-order valence-corrected chi connectivity index (χ0v) is 22.1. The number of carbonyl (C=O) groups is 1. The van der Waals surface area contributed by atoms with Crippen LogP contribution in [0.25, 0.3) is 11.7 Å². The summed E-state index contributed by atoms with van der Waals surface area (Å²) in [6, 6.07) is 20.1. The predicted molar refractivity (Wildman–Crippen MR) is 149 cm³/mol. The number of aromatic nitrogens is 2. The van der Waals surface area contributed by atoms with Crippen molar-refractivity contribution in [3.05, 3.63) is 104 Å². The molecule has 4 aromatic rings. The highest BCUT2D eigenvalue weighted by Gasteiger charge is 2.32. The van der Waals surface area contributed by atoms with Crippen LogP contribution >= 0.6 is 47.3 Å². The van der Waals surface area contributed by atoms with E-state index in [2.05, 4.69) is 0 Å². The predicted octanol–water partition coefficient (Wildman–Crippen LogP) is 5.91. The van der Waals surface area contributed by atoms with Gasteiger partial charge < -0.3 is 4.74 Å². The molecule has 0 saturated carbocycles. The SMILES string of the molecule is COc1ccc(CN2C(=O)C(=Cc3c(Sc4ccc(Cl)cc4)nc4ccccn4c3=O)SC2=S)cc1. The fraction of sp³-hybridized carbons (Fsp3) is 0.0769. The van der Waals surface area contributed by atoms with Gasteiger partial charge in [0.2, 0.25) is 0 Å². The van der Waals surface area contributed by atoms with E-state index in [0.29, 0.717) is 37.0 Å². The lowest BCUT2D eigenvalue weighted by atomic mass is 10.2. The maximum absolute atomic E-state index is 13.5. The quantitative estimate of drug-likeness (QED) is 0.168. The van der Waals surface area contributed by atoms with Gasteiger partial charge >= 0.3 is 0 Å². The van der Waals surface area contributed by atoms with E-state index in [4.69, 9.17) is 33.5 Å². The van der Waals surface area contributed by atoms with Crippen LogP contribution in [0.2, 0.25) is 5.02 Å². The monoisotopic (exact) mass is 551 g/mol. The van der Waals surface area contributed by atoms with E-state index in [1.807, 2.05) is 42.5 Å². The van der Waals surface area contributed by atoms with Crippen LogP contribution in [-0.2, 0) is 11.3 Å². The molecule has 0 spiro atoms. The molecule has 0 unspecified atom stereocenters. The molecule has 0 radical (unpaired) electrons. The lowest BCUT2D eigenvalue weighted by Crippen LogP contribution is -2.27. The van der Waals surface area contributed by atoms with Crippen molar-refractivity contribution in [1.82, 2.24) is 14.3 Å². The van der Waals surface area contributed by atoms with Gasteiger partial charge in [0.25, 0.3) is 11.5 Å². The van der Waals surface area contributed by atoms with Crippen molar-refractivity contribution >= 4 is 69.3 Å². The molecule has 1 aliphatic rings. The van der Waals surface area contributed by atoms with Crippen molar-refractivity contribution in [2.45, 2.75) is 16.5 Å². The minimum atomic E-state index is -0.266. The molecule has 1 aliphatic heterocycles. The number of pyridine rings is 1. The Kier molecular flexibility index (Phi) is 7.15. The third kappa shape index (κ3) is 5.05. The minimum absolute atomic E-state index is 0.249. The van der Waals surface area contributed by atoms with Crippen molar-refractivity contribution in [3.63, 3.8) is 0 Å². The van der Waals surface area contributed by atoms with Crippen LogP contribution in [-0.4, -0.2) is 31.6 Å². The first-order valence-corrected chi connectivity index (χ1v) is 13.2. The number of carbonyl (C=O) groups excluding carboxylic acids is 1. The van der Waals surface area contributed by atoms with E-state index in [-0.39, 0.29) is 11.5 Å². The Morgan fingerprint density at radius 2 is 1.83 bits per heavy atom. The van der Waals surface area contributed by atoms with Gasteiger partial charge in [-0.25, -0.2) is 4.98 Å². The number of benzene rings is 2. The average Bonchev–Trinajstić information content (AvgIpc) is 3.15. The van der Waals surface area contributed by atoms with E-state index < -0.39 is 0 Å². The number of hydrogen-bond donors (Lipinski definition) is 0. The van der Waals surface area contributed by atoms with E-state index in [1.165, 1.54) is 32.8 Å². The molecule has 1 saturated heterocycles. The van der Waals surface area contributed by atoms with Crippen LogP contribution in [0.4, 0.5) is 0 Å². The van der Waals surface area contributed by atoms with Gasteiger partial charge in [0.1, 0.15) is 20.7 Å². The van der Waals surface area contributed by atoms with Gasteiger partial charge in [-0.3, -0.25) is 18.9 Å². The summed E-state index contributed by atoms with van der Waals surface area (Å²) in [6.45, 7) is 0.327. The Hall–Kier alpha value is -3.11. The first kappa shape index (κ1) is 24.6. The van der Waals surface area contributed by atoms with Gasteiger partial charge in [0, 0.05) is 16.1 Å². The zero-order valence-electron chi connectivity index (χ0n) is 18.9. The molecular weight excluding hydrogens is 534 g/mol. The number of hydrogen-bond acceptors (Lipinski definition) is 7. The summed E-state index contributed by atoms with van der Waals surface area (Å²) < 4.78 is 7.10. The third-order valence-electron chi connectivity index (χ3n) is 5.41. The average molecular weight is 552 g/mol. The van der Waals surface area contributed by atoms with Gasteiger partial charge in [-0.1, -0.05) is 65.5 Å². The van der Waals surface area contributed by atoms with Gasteiger partial charge in [-0.05, 0) is 60.2 Å². The van der Waals surface area contributed by atoms with Crippen molar-refractivity contribution < 1.29 is 9.53 Å². The molecular formula is C26H18ClN3O3S3. The molecule has 5 rings (SSSR count). The molecule has 6 nitrogen and oxygen atoms in total. The Balaban J connectivity index is 1.52. The second-order valence-electron chi connectivity index (χ2n) is 7.74. The van der Waals surface area contributed by atoms with Crippen LogP contribution in [0.15, 0.2) is 92.5 Å². The first-order valence-electron chi connectivity index (χ1n) is 10.8. The summed E-state index contributed by atoms with van der Waals surface area (Å²) in [7, 11) is 1.60. The summed E-state index contributed by atoms with van der Waals surface area (Å²) in [5.41, 5.74) is 1.49. The maximum atomic E-state index is 13.5. The number of rotatable bonds is 6. The molecule has 180 valence electrons. The number of ether oxygens (including phenoxy) is 1. The molecule has 2 aromatic carbocycles. The van der Waals surface area contributed by atoms with E-state index in [9.17, 15) is 9.59 Å². The van der Waals surface area contributed by atoms with Crippen molar-refractivity contribution in [1.29, 1.82) is 0 Å². The van der Waals surface area contributed by atoms with Gasteiger partial charge in [0.05, 0.1) is 24.1 Å². The van der Waals surface area contributed by atoms with Crippen LogP contribution < -0.4 is 10.3 Å². The molecule has 36 heavy (non-hydrogen) atoms. The number of halogens is 1. The standard InChI is InChI=1S/C26H18ClN3O3S3/c1-33-18-9-5-16(6-10-18)15-30-25(32)21(36-26(30)34)14-20-23(35-19-11-7-17(27)8-12-19)28-22-4-2-3-13-29(22)24(20)31/h2-14H,15H2,1H3. The van der Waals surface area contributed by atoms with Crippen molar-refractivity contribution in [2.24, 2.45) is 0 Å². The van der Waals surface area contributed by atoms with Crippen LogP contribution in [0.3, 0.4) is 0 Å². The van der Waals surface area contributed by atoms with Crippen molar-refractivity contribution in [2.75, 3.05) is 7.11 Å². The molecule has 0 aliphatic carbocycles. The maximum Gasteiger partial charge on any atom is 0.266 e. The second kappa shape index (κ2) is 10.5. The molecule has 0 N–H and O–H groups in total. The van der Waals surface area contributed by atoms with Gasteiger partial charge in [-0.2, -0.15) is 0 Å². The minimum Gasteiger partial charge on any atom is -0.497 e. The van der Waals surface area contributed by atoms with Gasteiger partial charge in [-0.15, -0.1) is 0 Å². The third-order valence-corrected chi connectivity index (χ3v) is 8.05. The number of fused-ring (bicyclic) bond motifs is 1. The summed E-state index contributed by atoms with van der Waals surface area (Å²) in [5.74, 6) is 0.486. The number of thiocarbonyl (C=S) groups is 1. The molecule has 0 bridgehead atoms. The van der Waals surface area contributed by atoms with Crippen LogP contribution in [0, 0.1) is 0 Å². The fourth-order valence-electron chi connectivity index (χ4n) is 3.58. The summed E-state index contributed by atoms with van der Waals surface area (Å²) in [6.07, 6.45) is 3.26. The highest BCUT2D eigenvalue weighted by molar-refractivity contribution is 8.26.